The Bertz CT molecular complexity index is 942. The van der Waals surface area contributed by atoms with Crippen molar-refractivity contribution in [2.75, 3.05) is 46.0 Å². The highest BCUT2D eigenvalue weighted by Gasteiger charge is 2.33. The summed E-state index contributed by atoms with van der Waals surface area (Å²) in [5, 5.41) is 21.5. The summed E-state index contributed by atoms with van der Waals surface area (Å²) >= 11 is 0. The van der Waals surface area contributed by atoms with E-state index in [-0.39, 0.29) is 70.4 Å². The maximum atomic E-state index is 14.6. The molecule has 1 aromatic rings. The van der Waals surface area contributed by atoms with Crippen molar-refractivity contribution in [3.63, 3.8) is 0 Å². The van der Waals surface area contributed by atoms with Gasteiger partial charge in [0.15, 0.2) is 0 Å². The van der Waals surface area contributed by atoms with Crippen LogP contribution in [0.25, 0.3) is 0 Å². The van der Waals surface area contributed by atoms with Crippen LogP contribution in [0, 0.1) is 11.7 Å². The van der Waals surface area contributed by atoms with E-state index in [1.54, 1.807) is 0 Å². The summed E-state index contributed by atoms with van der Waals surface area (Å²) in [6.45, 7) is 4.51. The second-order valence-corrected chi connectivity index (χ2v) is 10.3. The molecule has 40 heavy (non-hydrogen) atoms. The largest absolute Gasteiger partial charge is 0.388 e. The van der Waals surface area contributed by atoms with E-state index in [1.165, 1.54) is 34.1 Å². The molecular formula is C27H44ClFN4O7. The Labute approximate surface area is 241 Å². The average molecular weight is 591 g/mol. The highest BCUT2D eigenvalue weighted by molar-refractivity contribution is 5.94. The highest BCUT2D eigenvalue weighted by Crippen LogP contribution is 2.16. The Morgan fingerprint density at radius 3 is 2.45 bits per heavy atom. The molecule has 0 saturated carbocycles. The van der Waals surface area contributed by atoms with Crippen LogP contribution < -0.4 is 11.5 Å². The van der Waals surface area contributed by atoms with Gasteiger partial charge in [-0.05, 0) is 37.3 Å². The van der Waals surface area contributed by atoms with Crippen LogP contribution in [0.3, 0.4) is 0 Å². The lowest BCUT2D eigenvalue weighted by atomic mass is 10.1. The molecule has 0 aliphatic carbocycles. The van der Waals surface area contributed by atoms with Crippen LogP contribution in [0.2, 0.25) is 0 Å². The van der Waals surface area contributed by atoms with Crippen molar-refractivity contribution in [1.29, 1.82) is 0 Å². The third kappa shape index (κ3) is 11.6. The van der Waals surface area contributed by atoms with Gasteiger partial charge in [0.1, 0.15) is 24.1 Å². The topological polar surface area (TPSA) is 169 Å². The van der Waals surface area contributed by atoms with Crippen molar-refractivity contribution in [3.05, 3.63) is 35.6 Å². The summed E-state index contributed by atoms with van der Waals surface area (Å²) in [5.41, 5.74) is 11.0. The smallest absolute Gasteiger partial charge is 0.256 e. The Balaban J connectivity index is 0.00000800. The molecule has 13 heteroatoms. The van der Waals surface area contributed by atoms with E-state index in [4.69, 9.17) is 20.9 Å². The van der Waals surface area contributed by atoms with Gasteiger partial charge in [0.25, 0.3) is 5.91 Å². The van der Waals surface area contributed by atoms with Gasteiger partial charge in [-0.1, -0.05) is 26.0 Å². The Morgan fingerprint density at radius 2 is 1.80 bits per heavy atom. The lowest BCUT2D eigenvalue weighted by molar-refractivity contribution is -0.135. The van der Waals surface area contributed by atoms with E-state index >= 15 is 0 Å². The van der Waals surface area contributed by atoms with Crippen LogP contribution in [0.4, 0.5) is 4.39 Å². The van der Waals surface area contributed by atoms with Gasteiger partial charge < -0.3 is 41.0 Å². The minimum atomic E-state index is -1.39. The molecule has 6 N–H and O–H groups in total. The van der Waals surface area contributed by atoms with Gasteiger partial charge in [-0.15, -0.1) is 12.4 Å². The van der Waals surface area contributed by atoms with E-state index in [2.05, 4.69) is 0 Å². The summed E-state index contributed by atoms with van der Waals surface area (Å²) in [7, 11) is 0. The number of nitrogens with two attached hydrogens (primary N) is 2. The van der Waals surface area contributed by atoms with Gasteiger partial charge in [-0.25, -0.2) is 4.39 Å². The van der Waals surface area contributed by atoms with Crippen molar-refractivity contribution in [2.24, 2.45) is 17.4 Å². The molecule has 0 bridgehead atoms. The number of halogens is 2. The molecule has 4 atom stereocenters. The Kier molecular flexibility index (Phi) is 16.2. The fourth-order valence-corrected chi connectivity index (χ4v) is 4.18. The number of carbonyl (C=O) groups is 3. The first kappa shape index (κ1) is 35.7. The van der Waals surface area contributed by atoms with E-state index in [9.17, 15) is 29.0 Å². The number of benzene rings is 1. The normalized spacial score (nSPS) is 22.2. The lowest BCUT2D eigenvalue weighted by Gasteiger charge is -2.34. The van der Waals surface area contributed by atoms with Crippen molar-refractivity contribution < 1.29 is 38.5 Å². The van der Waals surface area contributed by atoms with Gasteiger partial charge in [0.2, 0.25) is 11.8 Å². The third-order valence-corrected chi connectivity index (χ3v) is 6.54. The number of ether oxygens (including phenoxy) is 2. The number of carbonyl (C=O) groups excluding carboxylic acids is 3. The number of aliphatic hydroxyl groups is 2. The zero-order valence-electron chi connectivity index (χ0n) is 23.2. The summed E-state index contributed by atoms with van der Waals surface area (Å²) in [6.07, 6.45) is -2.25. The fourth-order valence-electron chi connectivity index (χ4n) is 4.18. The number of amides is 3. The van der Waals surface area contributed by atoms with Crippen molar-refractivity contribution in [2.45, 2.75) is 63.9 Å². The summed E-state index contributed by atoms with van der Waals surface area (Å²) in [6, 6.07) is 4.38. The molecule has 1 aromatic carbocycles. The van der Waals surface area contributed by atoms with Crippen molar-refractivity contribution >= 4 is 30.1 Å². The van der Waals surface area contributed by atoms with Crippen LogP contribution in [0.5, 0.6) is 0 Å². The van der Waals surface area contributed by atoms with Gasteiger partial charge in [0, 0.05) is 39.4 Å². The number of hydrogen-bond acceptors (Lipinski definition) is 8. The molecule has 11 nitrogen and oxygen atoms in total. The van der Waals surface area contributed by atoms with Crippen LogP contribution in [0.15, 0.2) is 24.3 Å². The minimum absolute atomic E-state index is 0. The van der Waals surface area contributed by atoms with Crippen molar-refractivity contribution in [3.8, 4) is 0 Å². The first-order valence-corrected chi connectivity index (χ1v) is 13.4. The maximum Gasteiger partial charge on any atom is 0.256 e. The molecule has 1 aliphatic rings. The van der Waals surface area contributed by atoms with Crippen LogP contribution in [-0.4, -0.2) is 108 Å². The number of nitrogens with zero attached hydrogens (tertiary/aromatic N) is 2. The predicted octanol–water partition coefficient (Wildman–Crippen LogP) is 0.685. The molecule has 3 amide bonds. The zero-order chi connectivity index (χ0) is 28.9. The highest BCUT2D eigenvalue weighted by atomic mass is 35.5. The number of rotatable bonds is 8. The molecule has 1 saturated heterocycles. The third-order valence-electron chi connectivity index (χ3n) is 6.54. The molecule has 228 valence electrons. The Hall–Kier alpha value is -2.35. The quantitative estimate of drug-likeness (QED) is 0.343. The van der Waals surface area contributed by atoms with Crippen LogP contribution >= 0.6 is 12.4 Å². The molecule has 1 fully saturated rings. The van der Waals surface area contributed by atoms with Gasteiger partial charge in [0.05, 0.1) is 24.6 Å². The van der Waals surface area contributed by atoms with Gasteiger partial charge in [-0.2, -0.15) is 0 Å². The molecule has 0 aromatic heterocycles. The van der Waals surface area contributed by atoms with Crippen LogP contribution in [0.1, 0.15) is 49.9 Å². The molecule has 0 radical (unpaired) electrons. The monoisotopic (exact) mass is 590 g/mol. The van der Waals surface area contributed by atoms with E-state index < -0.39 is 47.9 Å². The first-order chi connectivity index (χ1) is 18.5. The van der Waals surface area contributed by atoms with Gasteiger partial charge in [-0.3, -0.25) is 14.4 Å². The molecular weight excluding hydrogens is 547 g/mol. The minimum Gasteiger partial charge on any atom is -0.388 e. The summed E-state index contributed by atoms with van der Waals surface area (Å²) in [5.74, 6) is -2.28. The SMILES string of the molecule is CC(C)CCO[C@@H]1CN(C(=O)c2ccccc2F)CCN(C(=O)[C@H](N)CC(N)=O)CCCCOC[C@@H](O)[C@H]1O.Cl. The standard InChI is InChI=1S/C27H43FN4O7.ClH/c1-18(2)9-14-39-23-16-32(26(36)19-7-3-4-8-20(19)28)12-11-31(27(37)21(29)15-24(30)34)10-5-6-13-38-17-22(33)25(23)35;/h3-4,7-8,18,21-23,25,33,35H,5-6,9-17,29H2,1-2H3,(H2,30,34);1H/t21-,22-,23-,25-;/m1./s1. The molecule has 1 heterocycles. The molecule has 0 unspecified atom stereocenters. The average Bonchev–Trinajstić information content (AvgIpc) is 2.88. The van der Waals surface area contributed by atoms with E-state index in [1.807, 2.05) is 13.8 Å². The number of hydrogen-bond donors (Lipinski definition) is 4. The number of aliphatic hydroxyl groups excluding tert-OH is 2. The zero-order valence-corrected chi connectivity index (χ0v) is 24.1. The fraction of sp³-hybridized carbons (Fsp3) is 0.667. The predicted molar refractivity (Wildman–Crippen MR) is 149 cm³/mol. The van der Waals surface area contributed by atoms with E-state index in [0.29, 0.717) is 25.2 Å². The summed E-state index contributed by atoms with van der Waals surface area (Å²) in [4.78, 5) is 40.6. The maximum absolute atomic E-state index is 14.6. The van der Waals surface area contributed by atoms with Crippen molar-refractivity contribution in [1.82, 2.24) is 9.80 Å². The number of primary amides is 1. The first-order valence-electron chi connectivity index (χ1n) is 13.4. The second-order valence-electron chi connectivity index (χ2n) is 10.3. The van der Waals surface area contributed by atoms with Gasteiger partial charge >= 0.3 is 0 Å². The van der Waals surface area contributed by atoms with E-state index in [0.717, 1.165) is 0 Å². The summed E-state index contributed by atoms with van der Waals surface area (Å²) < 4.78 is 26.0. The molecule has 2 rings (SSSR count). The lowest BCUT2D eigenvalue weighted by Crippen LogP contribution is -2.52. The Morgan fingerprint density at radius 1 is 1.12 bits per heavy atom. The van der Waals surface area contributed by atoms with Crippen LogP contribution in [-0.2, 0) is 19.1 Å². The second kappa shape index (κ2) is 18.2. The molecule has 1 aliphatic heterocycles. The molecule has 0 spiro atoms.